The van der Waals surface area contributed by atoms with Gasteiger partial charge in [-0.3, -0.25) is 9.69 Å². The van der Waals surface area contributed by atoms with Crippen LogP contribution in [0.25, 0.3) is 0 Å². The van der Waals surface area contributed by atoms with Crippen LogP contribution in [0.3, 0.4) is 0 Å². The number of urea groups is 1. The van der Waals surface area contributed by atoms with E-state index in [9.17, 15) is 9.59 Å². The summed E-state index contributed by atoms with van der Waals surface area (Å²) >= 11 is 0. The quantitative estimate of drug-likeness (QED) is 0.914. The van der Waals surface area contributed by atoms with Crippen LogP contribution in [0.1, 0.15) is 48.1 Å². The van der Waals surface area contributed by atoms with Gasteiger partial charge in [0, 0.05) is 13.6 Å². The molecule has 1 N–H and O–H groups in total. The molecule has 5 nitrogen and oxygen atoms in total. The highest BCUT2D eigenvalue weighted by Crippen LogP contribution is 2.37. The first-order chi connectivity index (χ1) is 11.8. The highest BCUT2D eigenvalue weighted by atomic mass is 16.2. The van der Waals surface area contributed by atoms with Gasteiger partial charge in [-0.05, 0) is 49.4 Å². The molecule has 2 heterocycles. The van der Waals surface area contributed by atoms with E-state index in [4.69, 9.17) is 0 Å². The monoisotopic (exact) mass is 341 g/mol. The molecule has 0 aromatic heterocycles. The molecule has 2 aliphatic heterocycles. The number of carbonyl (C=O) groups excluding carboxylic acids is 2. The number of nitrogens with one attached hydrogen (secondary N) is 1. The average molecular weight is 341 g/mol. The van der Waals surface area contributed by atoms with E-state index < -0.39 is 0 Å². The maximum atomic E-state index is 13.0. The highest BCUT2D eigenvalue weighted by molar-refractivity contribution is 6.01. The molecule has 0 saturated carbocycles. The zero-order chi connectivity index (χ0) is 18.3. The summed E-state index contributed by atoms with van der Waals surface area (Å²) in [5.74, 6) is 0.0536. The molecule has 134 valence electrons. The summed E-state index contributed by atoms with van der Waals surface area (Å²) in [4.78, 5) is 29.0. The van der Waals surface area contributed by atoms with Crippen LogP contribution in [-0.4, -0.2) is 41.9 Å². The molecule has 0 spiro atoms. The van der Waals surface area contributed by atoms with E-state index in [1.54, 1.807) is 11.9 Å². The standard InChI is InChI=1S/C20H27N3O2/c1-6-7-8-23-11-16-17(19(23)24)18(21-20(25)22(16)5)15-10-13(3)12(2)9-14(15)4/h9-10,18H,6-8,11H2,1-5H3,(H,21,25)/t18-/m0/s1. The van der Waals surface area contributed by atoms with Gasteiger partial charge in [0.05, 0.1) is 23.9 Å². The molecule has 1 aromatic carbocycles. The maximum absolute atomic E-state index is 13.0. The van der Waals surface area contributed by atoms with Gasteiger partial charge in [0.1, 0.15) is 0 Å². The second kappa shape index (κ2) is 6.54. The third-order valence-electron chi connectivity index (χ3n) is 5.41. The van der Waals surface area contributed by atoms with Gasteiger partial charge in [-0.2, -0.15) is 0 Å². The van der Waals surface area contributed by atoms with E-state index in [1.807, 2.05) is 11.8 Å². The first-order valence-electron chi connectivity index (χ1n) is 8.99. The fraction of sp³-hybridized carbons (Fsp3) is 0.500. The molecule has 1 atom stereocenters. The lowest BCUT2D eigenvalue weighted by atomic mass is 9.90. The van der Waals surface area contributed by atoms with Crippen LogP contribution in [0.4, 0.5) is 4.79 Å². The van der Waals surface area contributed by atoms with Gasteiger partial charge in [0.25, 0.3) is 5.91 Å². The topological polar surface area (TPSA) is 52.7 Å². The van der Waals surface area contributed by atoms with Crippen molar-refractivity contribution >= 4 is 11.9 Å². The van der Waals surface area contributed by atoms with Gasteiger partial charge < -0.3 is 10.2 Å². The van der Waals surface area contributed by atoms with Crippen molar-refractivity contribution < 1.29 is 9.59 Å². The van der Waals surface area contributed by atoms with Crippen molar-refractivity contribution in [2.75, 3.05) is 20.1 Å². The number of hydrogen-bond acceptors (Lipinski definition) is 2. The zero-order valence-corrected chi connectivity index (χ0v) is 15.8. The van der Waals surface area contributed by atoms with Crippen molar-refractivity contribution in [3.8, 4) is 0 Å². The Balaban J connectivity index is 2.04. The molecule has 5 heteroatoms. The Hall–Kier alpha value is -2.30. The van der Waals surface area contributed by atoms with E-state index >= 15 is 0 Å². The lowest BCUT2D eigenvalue weighted by molar-refractivity contribution is -0.125. The predicted octanol–water partition coefficient (Wildman–Crippen LogP) is 3.20. The minimum absolute atomic E-state index is 0.0536. The zero-order valence-electron chi connectivity index (χ0n) is 15.8. The molecule has 3 amide bonds. The lowest BCUT2D eigenvalue weighted by Crippen LogP contribution is -2.45. The van der Waals surface area contributed by atoms with Crippen LogP contribution in [0.2, 0.25) is 0 Å². The van der Waals surface area contributed by atoms with Crippen LogP contribution < -0.4 is 5.32 Å². The number of hydrogen-bond donors (Lipinski definition) is 1. The Bertz CT molecular complexity index is 766. The van der Waals surface area contributed by atoms with Gasteiger partial charge in [-0.25, -0.2) is 4.79 Å². The van der Waals surface area contributed by atoms with E-state index in [0.717, 1.165) is 41.8 Å². The Morgan fingerprint density at radius 2 is 1.80 bits per heavy atom. The molecule has 0 aliphatic carbocycles. The van der Waals surface area contributed by atoms with E-state index in [1.165, 1.54) is 11.1 Å². The van der Waals surface area contributed by atoms with E-state index in [2.05, 4.69) is 38.2 Å². The summed E-state index contributed by atoms with van der Waals surface area (Å²) < 4.78 is 0. The molecular weight excluding hydrogens is 314 g/mol. The number of amides is 3. The normalized spacial score (nSPS) is 20.3. The largest absolute Gasteiger partial charge is 0.333 e. The van der Waals surface area contributed by atoms with Crippen molar-refractivity contribution in [3.05, 3.63) is 45.7 Å². The molecule has 2 aliphatic rings. The van der Waals surface area contributed by atoms with Crippen LogP contribution in [-0.2, 0) is 4.79 Å². The summed E-state index contributed by atoms with van der Waals surface area (Å²) in [5, 5.41) is 3.03. The van der Waals surface area contributed by atoms with Crippen LogP contribution in [0, 0.1) is 20.8 Å². The Kier molecular flexibility index (Phi) is 4.58. The highest BCUT2D eigenvalue weighted by Gasteiger charge is 2.42. The molecular formula is C20H27N3O2. The lowest BCUT2D eigenvalue weighted by Gasteiger charge is -2.32. The van der Waals surface area contributed by atoms with Crippen molar-refractivity contribution in [3.63, 3.8) is 0 Å². The number of aryl methyl sites for hydroxylation is 3. The van der Waals surface area contributed by atoms with Crippen LogP contribution >= 0.6 is 0 Å². The Morgan fingerprint density at radius 3 is 2.48 bits per heavy atom. The molecule has 0 radical (unpaired) electrons. The van der Waals surface area contributed by atoms with Gasteiger partial charge in [-0.15, -0.1) is 0 Å². The molecule has 1 aromatic rings. The van der Waals surface area contributed by atoms with Gasteiger partial charge in [0.2, 0.25) is 0 Å². The van der Waals surface area contributed by atoms with Gasteiger partial charge in [0.15, 0.2) is 0 Å². The number of rotatable bonds is 4. The van der Waals surface area contributed by atoms with Crippen LogP contribution in [0.15, 0.2) is 23.4 Å². The molecule has 0 unspecified atom stereocenters. The molecule has 0 fully saturated rings. The molecule has 0 saturated heterocycles. The Labute approximate surface area is 149 Å². The van der Waals surface area contributed by atoms with Crippen molar-refractivity contribution in [2.24, 2.45) is 0 Å². The first kappa shape index (κ1) is 17.5. The minimum atomic E-state index is -0.364. The fourth-order valence-corrected chi connectivity index (χ4v) is 3.68. The van der Waals surface area contributed by atoms with Gasteiger partial charge in [-0.1, -0.05) is 25.5 Å². The molecule has 3 rings (SSSR count). The first-order valence-corrected chi connectivity index (χ1v) is 8.99. The molecule has 25 heavy (non-hydrogen) atoms. The SMILES string of the molecule is CCCCN1CC2=C(C1=O)[C@H](c1cc(C)c(C)cc1C)NC(=O)N2C. The van der Waals surface area contributed by atoms with E-state index in [-0.39, 0.29) is 18.0 Å². The smallest absolute Gasteiger partial charge is 0.322 e. The van der Waals surface area contributed by atoms with Gasteiger partial charge >= 0.3 is 6.03 Å². The number of unbranched alkanes of at least 4 members (excludes halogenated alkanes) is 1. The number of benzene rings is 1. The number of nitrogens with zero attached hydrogens (tertiary/aromatic N) is 2. The summed E-state index contributed by atoms with van der Waals surface area (Å²) in [6, 6.07) is 3.72. The Morgan fingerprint density at radius 1 is 1.12 bits per heavy atom. The average Bonchev–Trinajstić information content (AvgIpc) is 2.90. The van der Waals surface area contributed by atoms with E-state index in [0.29, 0.717) is 6.54 Å². The summed E-state index contributed by atoms with van der Waals surface area (Å²) in [6.07, 6.45) is 2.02. The third kappa shape index (κ3) is 2.92. The van der Waals surface area contributed by atoms with Crippen LogP contribution in [0.5, 0.6) is 0 Å². The summed E-state index contributed by atoms with van der Waals surface area (Å²) in [6.45, 7) is 9.57. The number of likely N-dealkylation sites (N-methyl/N-ethyl adjacent to an activating group) is 1. The number of carbonyl (C=O) groups is 2. The second-order valence-electron chi connectivity index (χ2n) is 7.18. The predicted molar refractivity (Wildman–Crippen MR) is 98.2 cm³/mol. The van der Waals surface area contributed by atoms with Crippen molar-refractivity contribution in [2.45, 2.75) is 46.6 Å². The minimum Gasteiger partial charge on any atom is -0.333 e. The third-order valence-corrected chi connectivity index (χ3v) is 5.41. The molecule has 0 bridgehead atoms. The summed E-state index contributed by atoms with van der Waals surface area (Å²) in [7, 11) is 1.74. The van der Waals surface area contributed by atoms with Crippen molar-refractivity contribution in [1.82, 2.24) is 15.1 Å². The second-order valence-corrected chi connectivity index (χ2v) is 7.18. The van der Waals surface area contributed by atoms with Crippen molar-refractivity contribution in [1.29, 1.82) is 0 Å². The fourth-order valence-electron chi connectivity index (χ4n) is 3.68. The summed E-state index contributed by atoms with van der Waals surface area (Å²) in [5.41, 5.74) is 6.07. The maximum Gasteiger partial charge on any atom is 0.322 e.